The first kappa shape index (κ1) is 12.4. The molecule has 1 N–H and O–H groups in total. The Bertz CT molecular complexity index is 573. The van der Waals surface area contributed by atoms with Crippen LogP contribution < -0.4 is 5.32 Å². The maximum absolute atomic E-state index is 13.2. The first-order chi connectivity index (χ1) is 9.20. The van der Waals surface area contributed by atoms with Crippen LogP contribution in [0.1, 0.15) is 29.5 Å². The van der Waals surface area contributed by atoms with Crippen molar-refractivity contribution in [2.45, 2.75) is 38.9 Å². The van der Waals surface area contributed by atoms with Gasteiger partial charge in [0.05, 0.1) is 12.7 Å². The lowest BCUT2D eigenvalue weighted by Gasteiger charge is -2.06. The third-order valence-corrected chi connectivity index (χ3v) is 3.50. The van der Waals surface area contributed by atoms with E-state index >= 15 is 0 Å². The van der Waals surface area contributed by atoms with E-state index in [2.05, 4.69) is 10.4 Å². The Labute approximate surface area is 112 Å². The fourth-order valence-corrected chi connectivity index (χ4v) is 2.12. The van der Waals surface area contributed by atoms with E-state index in [1.54, 1.807) is 6.07 Å². The van der Waals surface area contributed by atoms with Crippen molar-refractivity contribution in [2.75, 3.05) is 0 Å². The van der Waals surface area contributed by atoms with Crippen LogP contribution in [0.3, 0.4) is 0 Å². The molecular weight excluding hydrogens is 241 g/mol. The number of hydrogen-bond acceptors (Lipinski definition) is 2. The smallest absolute Gasteiger partial charge is 0.123 e. The van der Waals surface area contributed by atoms with Crippen molar-refractivity contribution >= 4 is 0 Å². The molecule has 0 bridgehead atoms. The molecule has 0 saturated heterocycles. The van der Waals surface area contributed by atoms with Crippen molar-refractivity contribution in [1.82, 2.24) is 15.1 Å². The van der Waals surface area contributed by atoms with E-state index in [0.717, 1.165) is 17.7 Å². The molecule has 0 spiro atoms. The van der Waals surface area contributed by atoms with Crippen molar-refractivity contribution in [1.29, 1.82) is 0 Å². The highest BCUT2D eigenvalue weighted by atomic mass is 19.1. The number of benzene rings is 1. The van der Waals surface area contributed by atoms with E-state index in [1.165, 1.54) is 24.5 Å². The molecule has 1 aliphatic rings. The molecule has 2 aromatic rings. The van der Waals surface area contributed by atoms with E-state index < -0.39 is 0 Å². The third kappa shape index (κ3) is 3.20. The molecule has 1 aliphatic carbocycles. The van der Waals surface area contributed by atoms with Gasteiger partial charge in [0, 0.05) is 24.3 Å². The zero-order chi connectivity index (χ0) is 13.2. The number of nitrogens with zero attached hydrogens (tertiary/aromatic N) is 2. The molecule has 0 unspecified atom stereocenters. The van der Waals surface area contributed by atoms with E-state index in [1.807, 2.05) is 30.1 Å². The summed E-state index contributed by atoms with van der Waals surface area (Å²) in [5.41, 5.74) is 3.25. The second-order valence-electron chi connectivity index (χ2n) is 5.27. The molecule has 19 heavy (non-hydrogen) atoms. The number of aryl methyl sites for hydroxylation is 1. The van der Waals surface area contributed by atoms with Gasteiger partial charge in [0.2, 0.25) is 0 Å². The average Bonchev–Trinajstić information content (AvgIpc) is 3.12. The third-order valence-electron chi connectivity index (χ3n) is 3.50. The molecule has 1 fully saturated rings. The topological polar surface area (TPSA) is 29.9 Å². The summed E-state index contributed by atoms with van der Waals surface area (Å²) in [4.78, 5) is 0. The standard InChI is InChI=1S/C15H18FN3/c1-11-2-3-14(16)6-13(11)10-19-9-12(8-18-19)7-17-15-4-5-15/h2-3,6,8-9,15,17H,4-5,7,10H2,1H3. The predicted octanol–water partition coefficient (Wildman–Crippen LogP) is 2.63. The Balaban J connectivity index is 1.66. The summed E-state index contributed by atoms with van der Waals surface area (Å²) in [5, 5.41) is 7.79. The fourth-order valence-electron chi connectivity index (χ4n) is 2.12. The van der Waals surface area contributed by atoms with Gasteiger partial charge in [-0.15, -0.1) is 0 Å². The van der Waals surface area contributed by atoms with Gasteiger partial charge < -0.3 is 5.32 Å². The Morgan fingerprint density at radius 3 is 3.05 bits per heavy atom. The van der Waals surface area contributed by atoms with Gasteiger partial charge in [0.25, 0.3) is 0 Å². The molecule has 1 heterocycles. The predicted molar refractivity (Wildman–Crippen MR) is 72.3 cm³/mol. The van der Waals surface area contributed by atoms with E-state index in [0.29, 0.717) is 12.6 Å². The molecule has 0 atom stereocenters. The number of hydrogen-bond donors (Lipinski definition) is 1. The molecule has 0 radical (unpaired) electrons. The lowest BCUT2D eigenvalue weighted by atomic mass is 10.1. The number of aromatic nitrogens is 2. The average molecular weight is 259 g/mol. The van der Waals surface area contributed by atoms with Gasteiger partial charge in [0.1, 0.15) is 5.82 Å². The summed E-state index contributed by atoms with van der Waals surface area (Å²) in [6.45, 7) is 3.48. The molecular formula is C15H18FN3. The molecule has 1 aromatic heterocycles. The van der Waals surface area contributed by atoms with Gasteiger partial charge in [-0.2, -0.15) is 5.10 Å². The normalized spacial score (nSPS) is 14.8. The van der Waals surface area contributed by atoms with Crippen LogP contribution in [-0.2, 0) is 13.1 Å². The van der Waals surface area contributed by atoms with Crippen LogP contribution in [0.4, 0.5) is 4.39 Å². The van der Waals surface area contributed by atoms with Gasteiger partial charge in [-0.05, 0) is 43.0 Å². The summed E-state index contributed by atoms with van der Waals surface area (Å²) >= 11 is 0. The monoisotopic (exact) mass is 259 g/mol. The van der Waals surface area contributed by atoms with Crippen molar-refractivity contribution in [3.05, 3.63) is 53.1 Å². The van der Waals surface area contributed by atoms with E-state index in [4.69, 9.17) is 0 Å². The van der Waals surface area contributed by atoms with Crippen LogP contribution in [0.15, 0.2) is 30.6 Å². The fraction of sp³-hybridized carbons (Fsp3) is 0.400. The highest BCUT2D eigenvalue weighted by Crippen LogP contribution is 2.19. The van der Waals surface area contributed by atoms with Crippen LogP contribution in [0, 0.1) is 12.7 Å². The van der Waals surface area contributed by atoms with Gasteiger partial charge in [-0.1, -0.05) is 6.07 Å². The first-order valence-corrected chi connectivity index (χ1v) is 6.70. The van der Waals surface area contributed by atoms with Crippen molar-refractivity contribution in [3.63, 3.8) is 0 Å². The minimum atomic E-state index is -0.191. The zero-order valence-corrected chi connectivity index (χ0v) is 11.1. The number of nitrogens with one attached hydrogen (secondary N) is 1. The molecule has 0 aliphatic heterocycles. The van der Waals surface area contributed by atoms with Gasteiger partial charge >= 0.3 is 0 Å². The van der Waals surface area contributed by atoms with Crippen molar-refractivity contribution < 1.29 is 4.39 Å². The molecule has 1 aromatic carbocycles. The van der Waals surface area contributed by atoms with Crippen LogP contribution in [0.25, 0.3) is 0 Å². The van der Waals surface area contributed by atoms with Crippen LogP contribution >= 0.6 is 0 Å². The van der Waals surface area contributed by atoms with Crippen LogP contribution in [0.5, 0.6) is 0 Å². The van der Waals surface area contributed by atoms with Gasteiger partial charge in [-0.3, -0.25) is 4.68 Å². The van der Waals surface area contributed by atoms with Gasteiger partial charge in [0.15, 0.2) is 0 Å². The molecule has 4 heteroatoms. The largest absolute Gasteiger partial charge is 0.310 e. The zero-order valence-electron chi connectivity index (χ0n) is 11.1. The first-order valence-electron chi connectivity index (χ1n) is 6.70. The molecule has 100 valence electrons. The highest BCUT2D eigenvalue weighted by Gasteiger charge is 2.20. The quantitative estimate of drug-likeness (QED) is 0.894. The van der Waals surface area contributed by atoms with Crippen LogP contribution in [0.2, 0.25) is 0 Å². The van der Waals surface area contributed by atoms with Gasteiger partial charge in [-0.25, -0.2) is 4.39 Å². The number of halogens is 1. The molecule has 3 rings (SSSR count). The lowest BCUT2D eigenvalue weighted by Crippen LogP contribution is -2.14. The second-order valence-corrected chi connectivity index (χ2v) is 5.27. The Hall–Kier alpha value is -1.68. The summed E-state index contributed by atoms with van der Waals surface area (Å²) in [5.74, 6) is -0.191. The van der Waals surface area contributed by atoms with Crippen LogP contribution in [-0.4, -0.2) is 15.8 Å². The maximum atomic E-state index is 13.2. The molecule has 1 saturated carbocycles. The summed E-state index contributed by atoms with van der Waals surface area (Å²) in [7, 11) is 0. The summed E-state index contributed by atoms with van der Waals surface area (Å²) in [6.07, 6.45) is 6.48. The molecule has 0 amide bonds. The minimum absolute atomic E-state index is 0.191. The Kier molecular flexibility index (Phi) is 3.34. The lowest BCUT2D eigenvalue weighted by molar-refractivity contribution is 0.617. The number of rotatable bonds is 5. The SMILES string of the molecule is Cc1ccc(F)cc1Cn1cc(CNC2CC2)cn1. The summed E-state index contributed by atoms with van der Waals surface area (Å²) < 4.78 is 15.1. The second kappa shape index (κ2) is 5.13. The Morgan fingerprint density at radius 2 is 2.26 bits per heavy atom. The van der Waals surface area contributed by atoms with E-state index in [9.17, 15) is 4.39 Å². The minimum Gasteiger partial charge on any atom is -0.310 e. The van der Waals surface area contributed by atoms with E-state index in [-0.39, 0.29) is 5.82 Å². The molecule has 3 nitrogen and oxygen atoms in total. The van der Waals surface area contributed by atoms with Crippen molar-refractivity contribution in [2.24, 2.45) is 0 Å². The highest BCUT2D eigenvalue weighted by molar-refractivity contribution is 5.26. The summed E-state index contributed by atoms with van der Waals surface area (Å²) in [6, 6.07) is 5.59. The Morgan fingerprint density at radius 1 is 1.42 bits per heavy atom. The van der Waals surface area contributed by atoms with Crippen molar-refractivity contribution in [3.8, 4) is 0 Å². The maximum Gasteiger partial charge on any atom is 0.123 e.